The SMILES string of the molecule is CC(=O)c1cnn2c(-c3ccc(Cl)cc3)c(-c3ccccc3Cl)cnc12. The molecule has 0 aliphatic carbocycles. The van der Waals surface area contributed by atoms with E-state index in [1.54, 1.807) is 16.9 Å². The van der Waals surface area contributed by atoms with Gasteiger partial charge in [0.2, 0.25) is 0 Å². The van der Waals surface area contributed by atoms with Crippen molar-refractivity contribution in [1.82, 2.24) is 14.6 Å². The number of fused-ring (bicyclic) bond motifs is 1. The molecule has 2 heterocycles. The Labute approximate surface area is 160 Å². The topological polar surface area (TPSA) is 47.3 Å². The van der Waals surface area contributed by atoms with Crippen LogP contribution in [0.15, 0.2) is 60.9 Å². The van der Waals surface area contributed by atoms with Crippen molar-refractivity contribution in [3.05, 3.63) is 76.5 Å². The molecular formula is C20H13Cl2N3O. The summed E-state index contributed by atoms with van der Waals surface area (Å²) in [4.78, 5) is 16.4. The fourth-order valence-electron chi connectivity index (χ4n) is 2.94. The zero-order chi connectivity index (χ0) is 18.3. The van der Waals surface area contributed by atoms with E-state index in [0.29, 0.717) is 21.3 Å². The van der Waals surface area contributed by atoms with Gasteiger partial charge in [-0.3, -0.25) is 4.79 Å². The first kappa shape index (κ1) is 16.8. The van der Waals surface area contributed by atoms with E-state index in [4.69, 9.17) is 23.2 Å². The van der Waals surface area contributed by atoms with Crippen molar-refractivity contribution in [3.63, 3.8) is 0 Å². The second kappa shape index (κ2) is 6.56. The van der Waals surface area contributed by atoms with E-state index >= 15 is 0 Å². The highest BCUT2D eigenvalue weighted by atomic mass is 35.5. The molecule has 0 amide bonds. The fraction of sp³-hybridized carbons (Fsp3) is 0.0500. The van der Waals surface area contributed by atoms with Gasteiger partial charge in [0.05, 0.1) is 17.5 Å². The van der Waals surface area contributed by atoms with Gasteiger partial charge >= 0.3 is 0 Å². The van der Waals surface area contributed by atoms with Crippen molar-refractivity contribution >= 4 is 34.6 Å². The highest BCUT2D eigenvalue weighted by Crippen LogP contribution is 2.36. The summed E-state index contributed by atoms with van der Waals surface area (Å²) in [6.45, 7) is 1.50. The van der Waals surface area contributed by atoms with Crippen LogP contribution in [-0.4, -0.2) is 20.4 Å². The van der Waals surface area contributed by atoms with Crippen molar-refractivity contribution < 1.29 is 4.79 Å². The van der Waals surface area contributed by atoms with Crippen LogP contribution in [-0.2, 0) is 0 Å². The summed E-state index contributed by atoms with van der Waals surface area (Å²) < 4.78 is 1.68. The molecule has 0 bridgehead atoms. The smallest absolute Gasteiger partial charge is 0.166 e. The second-order valence-electron chi connectivity index (χ2n) is 5.86. The van der Waals surface area contributed by atoms with Gasteiger partial charge in [-0.25, -0.2) is 9.50 Å². The monoisotopic (exact) mass is 381 g/mol. The van der Waals surface area contributed by atoms with Crippen molar-refractivity contribution in [1.29, 1.82) is 0 Å². The van der Waals surface area contributed by atoms with Gasteiger partial charge in [0.1, 0.15) is 0 Å². The molecule has 0 spiro atoms. The molecule has 26 heavy (non-hydrogen) atoms. The first-order valence-corrected chi connectivity index (χ1v) is 8.70. The number of ketones is 1. The van der Waals surface area contributed by atoms with Gasteiger partial charge in [-0.1, -0.05) is 53.5 Å². The number of nitrogens with zero attached hydrogens (tertiary/aromatic N) is 3. The first-order chi connectivity index (χ1) is 12.6. The lowest BCUT2D eigenvalue weighted by Gasteiger charge is -2.13. The van der Waals surface area contributed by atoms with Crippen molar-refractivity contribution in [3.8, 4) is 22.4 Å². The van der Waals surface area contributed by atoms with Crippen LogP contribution in [0.1, 0.15) is 17.3 Å². The number of hydrogen-bond acceptors (Lipinski definition) is 3. The van der Waals surface area contributed by atoms with E-state index in [0.717, 1.165) is 22.4 Å². The number of benzene rings is 2. The van der Waals surface area contributed by atoms with E-state index in [1.165, 1.54) is 6.92 Å². The van der Waals surface area contributed by atoms with Gasteiger partial charge in [0.25, 0.3) is 0 Å². The Morgan fingerprint density at radius 3 is 2.38 bits per heavy atom. The molecule has 0 saturated carbocycles. The predicted molar refractivity (Wildman–Crippen MR) is 104 cm³/mol. The molecule has 2 aromatic carbocycles. The van der Waals surface area contributed by atoms with Gasteiger partial charge in [-0.15, -0.1) is 0 Å². The summed E-state index contributed by atoms with van der Waals surface area (Å²) in [5.74, 6) is -0.0833. The Balaban J connectivity index is 2.09. The average molecular weight is 382 g/mol. The van der Waals surface area contributed by atoms with Gasteiger partial charge in [0, 0.05) is 32.9 Å². The van der Waals surface area contributed by atoms with Crippen LogP contribution in [0.25, 0.3) is 28.0 Å². The van der Waals surface area contributed by atoms with Crippen LogP contribution < -0.4 is 0 Å². The number of Topliss-reactive ketones (excluding diaryl/α,β-unsaturated/α-hetero) is 1. The third kappa shape index (κ3) is 2.77. The molecule has 0 aliphatic heterocycles. The van der Waals surface area contributed by atoms with Gasteiger partial charge in [-0.2, -0.15) is 5.10 Å². The van der Waals surface area contributed by atoms with Gasteiger partial charge < -0.3 is 0 Å². The Morgan fingerprint density at radius 1 is 0.962 bits per heavy atom. The molecule has 0 unspecified atom stereocenters. The highest BCUT2D eigenvalue weighted by molar-refractivity contribution is 6.33. The average Bonchev–Trinajstić information content (AvgIpc) is 3.07. The summed E-state index contributed by atoms with van der Waals surface area (Å²) in [6, 6.07) is 15.0. The Kier molecular flexibility index (Phi) is 4.23. The summed E-state index contributed by atoms with van der Waals surface area (Å²) in [5.41, 5.74) is 4.35. The molecule has 4 aromatic rings. The van der Waals surface area contributed by atoms with Crippen molar-refractivity contribution in [2.45, 2.75) is 6.92 Å². The number of hydrogen-bond donors (Lipinski definition) is 0. The number of carbonyl (C=O) groups is 1. The molecule has 0 aliphatic rings. The molecule has 0 atom stereocenters. The lowest BCUT2D eigenvalue weighted by atomic mass is 10.0. The van der Waals surface area contributed by atoms with E-state index in [9.17, 15) is 4.79 Å². The molecule has 0 N–H and O–H groups in total. The molecule has 128 valence electrons. The molecule has 0 saturated heterocycles. The fourth-order valence-corrected chi connectivity index (χ4v) is 3.30. The predicted octanol–water partition coefficient (Wildman–Crippen LogP) is 5.57. The molecule has 0 fully saturated rings. The minimum absolute atomic E-state index is 0.0833. The minimum atomic E-state index is -0.0833. The summed E-state index contributed by atoms with van der Waals surface area (Å²) in [5, 5.41) is 5.67. The number of halogens is 2. The van der Waals surface area contributed by atoms with Crippen molar-refractivity contribution in [2.75, 3.05) is 0 Å². The highest BCUT2D eigenvalue weighted by Gasteiger charge is 2.19. The van der Waals surface area contributed by atoms with E-state index in [2.05, 4.69) is 10.1 Å². The third-order valence-electron chi connectivity index (χ3n) is 4.19. The lowest BCUT2D eigenvalue weighted by Crippen LogP contribution is -2.01. The van der Waals surface area contributed by atoms with Crippen LogP contribution >= 0.6 is 23.2 Å². The van der Waals surface area contributed by atoms with E-state index < -0.39 is 0 Å². The zero-order valence-corrected chi connectivity index (χ0v) is 15.3. The molecule has 2 aromatic heterocycles. The number of aromatic nitrogens is 3. The molecule has 4 rings (SSSR count). The summed E-state index contributed by atoms with van der Waals surface area (Å²) in [6.07, 6.45) is 3.27. The Hall–Kier alpha value is -2.69. The van der Waals surface area contributed by atoms with Gasteiger partial charge in [0.15, 0.2) is 11.4 Å². The second-order valence-corrected chi connectivity index (χ2v) is 6.70. The van der Waals surface area contributed by atoms with E-state index in [-0.39, 0.29) is 5.78 Å². The Bertz CT molecular complexity index is 1130. The first-order valence-electron chi connectivity index (χ1n) is 7.95. The maximum Gasteiger partial charge on any atom is 0.166 e. The van der Waals surface area contributed by atoms with E-state index in [1.807, 2.05) is 48.5 Å². The normalized spacial score (nSPS) is 11.0. The molecular weight excluding hydrogens is 369 g/mol. The largest absolute Gasteiger partial charge is 0.294 e. The molecule has 4 nitrogen and oxygen atoms in total. The van der Waals surface area contributed by atoms with Crippen molar-refractivity contribution in [2.24, 2.45) is 0 Å². The van der Waals surface area contributed by atoms with Crippen LogP contribution in [0.2, 0.25) is 10.0 Å². The maximum absolute atomic E-state index is 11.9. The van der Waals surface area contributed by atoms with Gasteiger partial charge in [-0.05, 0) is 25.1 Å². The van der Waals surface area contributed by atoms with Crippen LogP contribution in [0, 0.1) is 0 Å². The number of carbonyl (C=O) groups excluding carboxylic acids is 1. The molecule has 0 radical (unpaired) electrons. The maximum atomic E-state index is 11.9. The standard InChI is InChI=1S/C20H13Cl2N3O/c1-12(26)16-11-24-25-19(13-6-8-14(21)9-7-13)17(10-23-20(16)25)15-4-2-3-5-18(15)22/h2-11H,1H3. The third-order valence-corrected chi connectivity index (χ3v) is 4.77. The molecule has 6 heteroatoms. The number of rotatable bonds is 3. The summed E-state index contributed by atoms with van der Waals surface area (Å²) in [7, 11) is 0. The van der Waals surface area contributed by atoms with Crippen LogP contribution in [0.5, 0.6) is 0 Å². The quantitative estimate of drug-likeness (QED) is 0.435. The van der Waals surface area contributed by atoms with Crippen LogP contribution in [0.3, 0.4) is 0 Å². The zero-order valence-electron chi connectivity index (χ0n) is 13.8. The minimum Gasteiger partial charge on any atom is -0.294 e. The Morgan fingerprint density at radius 2 is 1.69 bits per heavy atom. The summed E-state index contributed by atoms with van der Waals surface area (Å²) >= 11 is 12.5. The lowest BCUT2D eigenvalue weighted by molar-refractivity contribution is 0.101. The van der Waals surface area contributed by atoms with Crippen LogP contribution in [0.4, 0.5) is 0 Å².